The van der Waals surface area contributed by atoms with Crippen LogP contribution in [0.1, 0.15) is 27.8 Å². The molecule has 0 amide bonds. The molecule has 8 aromatic carbocycles. The van der Waals surface area contributed by atoms with Crippen molar-refractivity contribution in [2.45, 2.75) is 26.2 Å². The van der Waals surface area contributed by atoms with E-state index >= 15 is 0 Å². The molecular formula is C54H32F6N4. The van der Waals surface area contributed by atoms with E-state index in [1.54, 1.807) is 50.2 Å². The molecule has 2 aromatic heterocycles. The standard InChI is InChI=1S/C54H32F6N4/c1-31-19-37(24-39(21-31)53(55,56)57)34-15-17-49-44(26-34)41-11-4-6-13-47(41)63(49)51-28-43(36-10-8-9-33(23-36)30-61)46(62-3)29-52(51)64-48-14-7-5-12-42(48)45-27-35(16-18-50(45)64)38-20-32(2)22-40(25-38)54(58,59)60/h4-29H,1-2H3. The molecule has 0 unspecified atom stereocenters. The van der Waals surface area contributed by atoms with Gasteiger partial charge < -0.3 is 9.13 Å². The summed E-state index contributed by atoms with van der Waals surface area (Å²) in [6.45, 7) is 11.7. The van der Waals surface area contributed by atoms with E-state index in [9.17, 15) is 31.6 Å². The Morgan fingerprint density at radius 3 is 1.44 bits per heavy atom. The monoisotopic (exact) mass is 850 g/mol. The van der Waals surface area contributed by atoms with Crippen LogP contribution in [0.15, 0.2) is 158 Å². The Morgan fingerprint density at radius 2 is 0.953 bits per heavy atom. The van der Waals surface area contributed by atoms with E-state index in [0.717, 1.165) is 67.9 Å². The van der Waals surface area contributed by atoms with E-state index in [-0.39, 0.29) is 0 Å². The number of alkyl halides is 6. The molecule has 0 aliphatic carbocycles. The number of para-hydroxylation sites is 2. The summed E-state index contributed by atoms with van der Waals surface area (Å²) in [5.41, 5.74) is 7.91. The topological polar surface area (TPSA) is 38.0 Å². The highest BCUT2D eigenvalue weighted by Gasteiger charge is 2.32. The number of rotatable bonds is 5. The van der Waals surface area contributed by atoms with Crippen LogP contribution in [0, 0.1) is 31.8 Å². The van der Waals surface area contributed by atoms with Gasteiger partial charge in [0.1, 0.15) is 0 Å². The van der Waals surface area contributed by atoms with Crippen molar-refractivity contribution in [3.05, 3.63) is 197 Å². The van der Waals surface area contributed by atoms with E-state index in [1.165, 1.54) is 0 Å². The lowest BCUT2D eigenvalue weighted by Gasteiger charge is -2.20. The second-order valence-corrected chi connectivity index (χ2v) is 16.0. The average Bonchev–Trinajstić information content (AvgIpc) is 3.79. The molecule has 0 atom stereocenters. The fraction of sp³-hybridized carbons (Fsp3) is 0.0741. The van der Waals surface area contributed by atoms with Crippen LogP contribution in [0.3, 0.4) is 0 Å². The van der Waals surface area contributed by atoms with Crippen LogP contribution in [0.4, 0.5) is 32.0 Å². The fourth-order valence-electron chi connectivity index (χ4n) is 9.05. The van der Waals surface area contributed by atoms with E-state index in [2.05, 4.69) is 20.0 Å². The van der Waals surface area contributed by atoms with E-state index in [0.29, 0.717) is 67.1 Å². The Hall–Kier alpha value is -8.08. The van der Waals surface area contributed by atoms with Crippen LogP contribution in [-0.4, -0.2) is 9.13 Å². The van der Waals surface area contributed by atoms with Gasteiger partial charge in [0.15, 0.2) is 5.69 Å². The van der Waals surface area contributed by atoms with Crippen molar-refractivity contribution >= 4 is 49.3 Å². The summed E-state index contributed by atoms with van der Waals surface area (Å²) in [4.78, 5) is 4.02. The Morgan fingerprint density at radius 1 is 0.469 bits per heavy atom. The van der Waals surface area contributed by atoms with E-state index in [4.69, 9.17) is 6.57 Å². The molecule has 0 spiro atoms. The van der Waals surface area contributed by atoms with Crippen molar-refractivity contribution in [1.29, 1.82) is 5.26 Å². The van der Waals surface area contributed by atoms with Crippen LogP contribution in [0.5, 0.6) is 0 Å². The van der Waals surface area contributed by atoms with Crippen LogP contribution in [-0.2, 0) is 12.4 Å². The SMILES string of the molecule is [C-]#[N+]c1cc(-n2c3ccccc3c3cc(-c4cc(C)cc(C(F)(F)F)c4)ccc32)c(-n2c3ccccc3c3cc(-c4cc(C)cc(C(F)(F)F)c4)ccc32)cc1-c1cccc(C#N)c1. The van der Waals surface area contributed by atoms with Crippen molar-refractivity contribution in [2.75, 3.05) is 0 Å². The minimum atomic E-state index is -4.52. The number of nitrogens with zero attached hydrogens (tertiary/aromatic N) is 4. The largest absolute Gasteiger partial charge is 0.416 e. The molecule has 2 heterocycles. The predicted octanol–water partition coefficient (Wildman–Crippen LogP) is 16.0. The number of fused-ring (bicyclic) bond motifs is 6. The van der Waals surface area contributed by atoms with E-state index in [1.807, 2.05) is 97.1 Å². The number of benzene rings is 8. The van der Waals surface area contributed by atoms with Crippen molar-refractivity contribution in [3.63, 3.8) is 0 Å². The molecule has 0 bridgehead atoms. The highest BCUT2D eigenvalue weighted by molar-refractivity contribution is 6.13. The summed E-state index contributed by atoms with van der Waals surface area (Å²) in [5.74, 6) is 0. The summed E-state index contributed by atoms with van der Waals surface area (Å²) in [5, 5.41) is 13.1. The van der Waals surface area contributed by atoms with Crippen molar-refractivity contribution < 1.29 is 26.3 Å². The molecule has 310 valence electrons. The Kier molecular flexibility index (Phi) is 9.25. The molecule has 0 aliphatic rings. The quantitative estimate of drug-likeness (QED) is 0.126. The summed E-state index contributed by atoms with van der Waals surface area (Å²) in [6, 6.07) is 47.8. The molecular weight excluding hydrogens is 819 g/mol. The molecule has 0 saturated carbocycles. The van der Waals surface area contributed by atoms with Gasteiger partial charge in [-0.1, -0.05) is 72.8 Å². The average molecular weight is 851 g/mol. The summed E-state index contributed by atoms with van der Waals surface area (Å²) in [6.07, 6.45) is -9.05. The van der Waals surface area contributed by atoms with Crippen LogP contribution in [0.2, 0.25) is 0 Å². The van der Waals surface area contributed by atoms with Crippen molar-refractivity contribution in [2.24, 2.45) is 0 Å². The second-order valence-electron chi connectivity index (χ2n) is 16.0. The number of nitriles is 1. The van der Waals surface area contributed by atoms with Gasteiger partial charge in [0.25, 0.3) is 0 Å². The van der Waals surface area contributed by atoms with Gasteiger partial charge in [-0.05, 0) is 143 Å². The number of halogens is 6. The highest BCUT2D eigenvalue weighted by Crippen LogP contribution is 2.45. The first-order valence-electron chi connectivity index (χ1n) is 20.2. The minimum Gasteiger partial charge on any atom is -0.308 e. The molecule has 10 heteroatoms. The summed E-state index contributed by atoms with van der Waals surface area (Å²) in [7, 11) is 0. The number of hydrogen-bond acceptors (Lipinski definition) is 1. The van der Waals surface area contributed by atoms with Gasteiger partial charge in [-0.15, -0.1) is 0 Å². The number of aryl methyl sites for hydroxylation is 2. The molecule has 0 aliphatic heterocycles. The third-order valence-electron chi connectivity index (χ3n) is 11.8. The van der Waals surface area contributed by atoms with Gasteiger partial charge in [-0.25, -0.2) is 4.85 Å². The Labute approximate surface area is 362 Å². The maximum Gasteiger partial charge on any atom is 0.416 e. The van der Waals surface area contributed by atoms with Gasteiger partial charge >= 0.3 is 12.4 Å². The molecule has 0 N–H and O–H groups in total. The van der Waals surface area contributed by atoms with Crippen LogP contribution < -0.4 is 0 Å². The molecule has 0 radical (unpaired) electrons. The number of aromatic nitrogens is 2. The lowest BCUT2D eigenvalue weighted by atomic mass is 9.98. The fourth-order valence-corrected chi connectivity index (χ4v) is 9.05. The summed E-state index contributed by atoms with van der Waals surface area (Å²) >= 11 is 0. The third-order valence-corrected chi connectivity index (χ3v) is 11.8. The first kappa shape index (κ1) is 40.0. The maximum atomic E-state index is 14.0. The zero-order valence-electron chi connectivity index (χ0n) is 34.1. The smallest absolute Gasteiger partial charge is 0.308 e. The van der Waals surface area contributed by atoms with Crippen LogP contribution >= 0.6 is 0 Å². The third kappa shape index (κ3) is 6.72. The predicted molar refractivity (Wildman–Crippen MR) is 242 cm³/mol. The molecule has 10 aromatic rings. The van der Waals surface area contributed by atoms with Gasteiger partial charge in [0, 0.05) is 21.5 Å². The maximum absolute atomic E-state index is 14.0. The van der Waals surface area contributed by atoms with Crippen molar-refractivity contribution in [3.8, 4) is 50.8 Å². The molecule has 64 heavy (non-hydrogen) atoms. The van der Waals surface area contributed by atoms with Gasteiger partial charge in [-0.2, -0.15) is 31.6 Å². The molecule has 0 saturated heterocycles. The zero-order chi connectivity index (χ0) is 44.7. The van der Waals surface area contributed by atoms with Crippen LogP contribution in [0.25, 0.3) is 93.2 Å². The van der Waals surface area contributed by atoms with Gasteiger partial charge in [0.2, 0.25) is 0 Å². The Bertz CT molecular complexity index is 3650. The minimum absolute atomic E-state index is 0.318. The zero-order valence-corrected chi connectivity index (χ0v) is 34.1. The van der Waals surface area contributed by atoms with Gasteiger partial charge in [0.05, 0.1) is 62.8 Å². The highest BCUT2D eigenvalue weighted by atomic mass is 19.4. The first-order valence-corrected chi connectivity index (χ1v) is 20.2. The lowest BCUT2D eigenvalue weighted by Crippen LogP contribution is -2.05. The normalized spacial score (nSPS) is 12.0. The number of hydrogen-bond donors (Lipinski definition) is 0. The first-order chi connectivity index (χ1) is 30.7. The second kappa shape index (κ2) is 14.8. The van der Waals surface area contributed by atoms with E-state index < -0.39 is 23.5 Å². The molecule has 10 rings (SSSR count). The molecule has 0 fully saturated rings. The summed E-state index contributed by atoms with van der Waals surface area (Å²) < 4.78 is 88.1. The lowest BCUT2D eigenvalue weighted by molar-refractivity contribution is -0.138. The Balaban J connectivity index is 1.28. The molecule has 4 nitrogen and oxygen atoms in total. The van der Waals surface area contributed by atoms with Gasteiger partial charge in [-0.3, -0.25) is 0 Å². The van der Waals surface area contributed by atoms with Crippen molar-refractivity contribution in [1.82, 2.24) is 9.13 Å².